The van der Waals surface area contributed by atoms with Crippen LogP contribution in [0.3, 0.4) is 0 Å². The van der Waals surface area contributed by atoms with Gasteiger partial charge in [-0.1, -0.05) is 0 Å². The van der Waals surface area contributed by atoms with Crippen LogP contribution in [-0.4, -0.2) is 42.6 Å². The third kappa shape index (κ3) is 4.96. The Kier molecular flexibility index (Phi) is 5.90. The van der Waals surface area contributed by atoms with E-state index < -0.39 is 0 Å². The maximum Gasteiger partial charge on any atom is 0.251 e. The van der Waals surface area contributed by atoms with Crippen molar-refractivity contribution < 1.29 is 4.79 Å². The number of aromatic amines is 1. The number of carbonyl (C=O) groups excluding carboxylic acids is 1. The zero-order valence-electron chi connectivity index (χ0n) is 18.2. The van der Waals surface area contributed by atoms with E-state index in [1.807, 2.05) is 24.4 Å². The number of H-pyrrole nitrogens is 1. The molecule has 0 radical (unpaired) electrons. The van der Waals surface area contributed by atoms with Gasteiger partial charge in [0.15, 0.2) is 5.65 Å². The monoisotopic (exact) mass is 445 g/mol. The third-order valence-corrected chi connectivity index (χ3v) is 5.90. The van der Waals surface area contributed by atoms with Crippen molar-refractivity contribution in [3.8, 4) is 0 Å². The number of hydrogen-bond acceptors (Lipinski definition) is 7. The Balaban J connectivity index is 1.28. The van der Waals surface area contributed by atoms with Crippen molar-refractivity contribution in [1.82, 2.24) is 29.9 Å². The van der Waals surface area contributed by atoms with Gasteiger partial charge >= 0.3 is 0 Å². The lowest BCUT2D eigenvalue weighted by Gasteiger charge is -2.27. The number of hydrogen-bond donors (Lipinski definition) is 5. The molecule has 1 aliphatic rings. The van der Waals surface area contributed by atoms with Crippen LogP contribution in [0, 0.1) is 0 Å². The lowest BCUT2D eigenvalue weighted by Crippen LogP contribution is -2.33. The second-order valence-electron chi connectivity index (χ2n) is 8.36. The maximum atomic E-state index is 12.4. The number of rotatable bonds is 7. The van der Waals surface area contributed by atoms with E-state index in [9.17, 15) is 4.79 Å². The second kappa shape index (κ2) is 9.29. The minimum Gasteiger partial charge on any atom is -0.366 e. The van der Waals surface area contributed by atoms with Gasteiger partial charge in [0.2, 0.25) is 0 Å². The van der Waals surface area contributed by atoms with Gasteiger partial charge in [-0.2, -0.15) is 0 Å². The summed E-state index contributed by atoms with van der Waals surface area (Å²) in [6, 6.07) is 9.98. The highest BCUT2D eigenvalue weighted by Gasteiger charge is 2.19. The van der Waals surface area contributed by atoms with Crippen molar-refractivity contribution in [2.24, 2.45) is 5.73 Å². The summed E-state index contributed by atoms with van der Waals surface area (Å²) < 4.78 is 1.76. The summed E-state index contributed by atoms with van der Waals surface area (Å²) in [7, 11) is 0. The number of fused-ring (bicyclic) bond motifs is 1. The molecule has 0 spiro atoms. The van der Waals surface area contributed by atoms with Gasteiger partial charge in [-0.3, -0.25) is 4.79 Å². The van der Waals surface area contributed by atoms with Crippen molar-refractivity contribution in [2.45, 2.75) is 44.3 Å². The standard InChI is InChI=1S/C23H27N9O/c24-16-3-7-18(8-4-16)30-21-11-20(22-26-9-10-32(22)31-21)29-17-5-1-15(2-6-17)23(33)27-13-19-12-25-14-28-19/h1-2,5-6,9-12,14,16,18,29H,3-4,7-8,13,24H2,(H,25,28)(H,27,33)(H,30,31). The number of nitrogens with zero attached hydrogens (tertiary/aromatic N) is 4. The van der Waals surface area contributed by atoms with E-state index in [-0.39, 0.29) is 5.91 Å². The van der Waals surface area contributed by atoms with Crippen molar-refractivity contribution in [3.05, 3.63) is 66.5 Å². The Hall–Kier alpha value is -3.92. The Morgan fingerprint density at radius 3 is 2.76 bits per heavy atom. The number of nitrogens with one attached hydrogen (secondary N) is 4. The number of benzene rings is 1. The molecule has 1 fully saturated rings. The molecule has 6 N–H and O–H groups in total. The van der Waals surface area contributed by atoms with E-state index in [2.05, 4.69) is 36.0 Å². The molecule has 0 bridgehead atoms. The summed E-state index contributed by atoms with van der Waals surface area (Å²) in [4.78, 5) is 23.7. The zero-order valence-corrected chi connectivity index (χ0v) is 18.2. The van der Waals surface area contributed by atoms with Crippen LogP contribution in [0.15, 0.2) is 55.2 Å². The van der Waals surface area contributed by atoms with Gasteiger partial charge in [-0.25, -0.2) is 14.5 Å². The fourth-order valence-corrected chi connectivity index (χ4v) is 4.07. The molecule has 3 heterocycles. The number of anilines is 3. The topological polar surface area (TPSA) is 138 Å². The molecule has 4 aromatic rings. The van der Waals surface area contributed by atoms with Gasteiger partial charge in [0.25, 0.3) is 5.91 Å². The molecule has 0 aliphatic heterocycles. The molecule has 1 aromatic carbocycles. The van der Waals surface area contributed by atoms with Gasteiger partial charge < -0.3 is 26.7 Å². The van der Waals surface area contributed by atoms with Gasteiger partial charge in [-0.05, 0) is 49.9 Å². The van der Waals surface area contributed by atoms with E-state index >= 15 is 0 Å². The van der Waals surface area contributed by atoms with Gasteiger partial charge in [0, 0.05) is 48.0 Å². The molecular weight excluding hydrogens is 418 g/mol. The molecule has 3 aromatic heterocycles. The minimum absolute atomic E-state index is 0.144. The molecule has 5 rings (SSSR count). The van der Waals surface area contributed by atoms with E-state index in [4.69, 9.17) is 5.73 Å². The highest BCUT2D eigenvalue weighted by Crippen LogP contribution is 2.26. The van der Waals surface area contributed by atoms with Crippen LogP contribution in [-0.2, 0) is 6.54 Å². The summed E-state index contributed by atoms with van der Waals surface area (Å²) in [6.45, 7) is 0.399. The normalized spacial score (nSPS) is 18.2. The summed E-state index contributed by atoms with van der Waals surface area (Å²) >= 11 is 0. The maximum absolute atomic E-state index is 12.4. The fraction of sp³-hybridized carbons (Fsp3) is 0.304. The first-order valence-electron chi connectivity index (χ1n) is 11.1. The predicted octanol–water partition coefficient (Wildman–Crippen LogP) is 2.81. The summed E-state index contributed by atoms with van der Waals surface area (Å²) in [5.74, 6) is 0.646. The first kappa shape index (κ1) is 21.0. The molecule has 10 heteroatoms. The summed E-state index contributed by atoms with van der Waals surface area (Å²) in [5.41, 5.74) is 9.88. The fourth-order valence-electron chi connectivity index (χ4n) is 4.07. The molecule has 170 valence electrons. The lowest BCUT2D eigenvalue weighted by molar-refractivity contribution is 0.0950. The number of nitrogens with two attached hydrogens (primary N) is 1. The van der Waals surface area contributed by atoms with Crippen LogP contribution in [0.5, 0.6) is 0 Å². The Labute approximate surface area is 191 Å². The Morgan fingerprint density at radius 1 is 1.18 bits per heavy atom. The van der Waals surface area contributed by atoms with Gasteiger partial charge in [0.1, 0.15) is 5.82 Å². The molecule has 0 unspecified atom stereocenters. The van der Waals surface area contributed by atoms with E-state index in [0.717, 1.165) is 54.2 Å². The van der Waals surface area contributed by atoms with E-state index in [1.165, 1.54) is 0 Å². The van der Waals surface area contributed by atoms with Crippen LogP contribution in [0.1, 0.15) is 41.7 Å². The second-order valence-corrected chi connectivity index (χ2v) is 8.36. The molecule has 0 atom stereocenters. The quantitative estimate of drug-likeness (QED) is 0.295. The first-order chi connectivity index (χ1) is 16.1. The molecular formula is C23H27N9O. The lowest BCUT2D eigenvalue weighted by atomic mass is 9.92. The van der Waals surface area contributed by atoms with E-state index in [0.29, 0.717) is 24.2 Å². The number of imidazole rings is 2. The van der Waals surface area contributed by atoms with Crippen LogP contribution in [0.2, 0.25) is 0 Å². The van der Waals surface area contributed by atoms with Crippen molar-refractivity contribution >= 4 is 28.7 Å². The van der Waals surface area contributed by atoms with Crippen LogP contribution in [0.25, 0.3) is 5.65 Å². The number of amides is 1. The highest BCUT2D eigenvalue weighted by molar-refractivity contribution is 5.94. The molecule has 1 aliphatic carbocycles. The van der Waals surface area contributed by atoms with Crippen molar-refractivity contribution in [1.29, 1.82) is 0 Å². The van der Waals surface area contributed by atoms with Gasteiger partial charge in [0.05, 0.1) is 24.3 Å². The van der Waals surface area contributed by atoms with Crippen molar-refractivity contribution in [3.63, 3.8) is 0 Å². The van der Waals surface area contributed by atoms with E-state index in [1.54, 1.807) is 35.4 Å². The Morgan fingerprint density at radius 2 is 2.00 bits per heavy atom. The first-order valence-corrected chi connectivity index (χ1v) is 11.1. The summed E-state index contributed by atoms with van der Waals surface area (Å²) in [6.07, 6.45) is 11.0. The van der Waals surface area contributed by atoms with Gasteiger partial charge in [-0.15, -0.1) is 5.10 Å². The van der Waals surface area contributed by atoms with Crippen LogP contribution >= 0.6 is 0 Å². The molecule has 1 saturated carbocycles. The largest absolute Gasteiger partial charge is 0.366 e. The smallest absolute Gasteiger partial charge is 0.251 e. The van der Waals surface area contributed by atoms with Crippen molar-refractivity contribution in [2.75, 3.05) is 10.6 Å². The molecule has 1 amide bonds. The Bertz CT molecular complexity index is 1210. The van der Waals surface area contributed by atoms with Crippen LogP contribution < -0.4 is 21.7 Å². The molecule has 33 heavy (non-hydrogen) atoms. The average Bonchev–Trinajstić information content (AvgIpc) is 3.52. The number of aromatic nitrogens is 5. The predicted molar refractivity (Wildman–Crippen MR) is 126 cm³/mol. The van der Waals surface area contributed by atoms with Crippen LogP contribution in [0.4, 0.5) is 17.2 Å². The highest BCUT2D eigenvalue weighted by atomic mass is 16.1. The summed E-state index contributed by atoms with van der Waals surface area (Å²) in [5, 5.41) is 14.5. The SMILES string of the molecule is NC1CCC(Nc2cc(Nc3ccc(C(=O)NCc4cnc[nH]4)cc3)c3nccn3n2)CC1. The zero-order chi connectivity index (χ0) is 22.6. The molecule has 0 saturated heterocycles. The average molecular weight is 446 g/mol. The third-order valence-electron chi connectivity index (χ3n) is 5.90. The number of carbonyl (C=O) groups is 1. The molecule has 10 nitrogen and oxygen atoms in total. The minimum atomic E-state index is -0.144.